The lowest BCUT2D eigenvalue weighted by atomic mass is 10.1. The summed E-state index contributed by atoms with van der Waals surface area (Å²) in [6.07, 6.45) is 2.03. The minimum Gasteiger partial charge on any atom is -0.495 e. The minimum atomic E-state index is 0.408. The SMILES string of the molecule is COc1cc(OC)c(Cl)c(NCC2=CC(c3ccccc3N)=NC2)c1Cl. The van der Waals surface area contributed by atoms with E-state index in [2.05, 4.69) is 10.3 Å². The van der Waals surface area contributed by atoms with Gasteiger partial charge in [0, 0.05) is 23.9 Å². The van der Waals surface area contributed by atoms with Gasteiger partial charge in [0.2, 0.25) is 0 Å². The second-order valence-corrected chi connectivity index (χ2v) is 6.48. The lowest BCUT2D eigenvalue weighted by Gasteiger charge is -2.16. The van der Waals surface area contributed by atoms with Gasteiger partial charge in [-0.25, -0.2) is 0 Å². The van der Waals surface area contributed by atoms with Crippen LogP contribution in [0.4, 0.5) is 11.4 Å². The first kappa shape index (κ1) is 18.4. The Hall–Kier alpha value is -2.37. The number of nitrogens with two attached hydrogens (primary N) is 1. The first-order valence-electron chi connectivity index (χ1n) is 7.97. The van der Waals surface area contributed by atoms with Crippen molar-refractivity contribution in [3.05, 3.63) is 57.6 Å². The van der Waals surface area contributed by atoms with Crippen LogP contribution in [0.2, 0.25) is 10.0 Å². The van der Waals surface area contributed by atoms with E-state index in [-0.39, 0.29) is 0 Å². The zero-order valence-corrected chi connectivity index (χ0v) is 16.0. The summed E-state index contributed by atoms with van der Waals surface area (Å²) < 4.78 is 10.6. The molecule has 0 bridgehead atoms. The summed E-state index contributed by atoms with van der Waals surface area (Å²) in [6.45, 7) is 1.13. The van der Waals surface area contributed by atoms with Gasteiger partial charge in [-0.2, -0.15) is 0 Å². The van der Waals surface area contributed by atoms with Gasteiger partial charge in [0.1, 0.15) is 21.5 Å². The molecule has 26 heavy (non-hydrogen) atoms. The van der Waals surface area contributed by atoms with Gasteiger partial charge in [0.05, 0.1) is 32.2 Å². The maximum Gasteiger partial charge on any atom is 0.143 e. The summed E-state index contributed by atoms with van der Waals surface area (Å²) in [7, 11) is 3.09. The van der Waals surface area contributed by atoms with Crippen LogP contribution in [0.25, 0.3) is 0 Å². The van der Waals surface area contributed by atoms with Gasteiger partial charge in [0.15, 0.2) is 0 Å². The fourth-order valence-electron chi connectivity index (χ4n) is 2.71. The van der Waals surface area contributed by atoms with E-state index in [1.54, 1.807) is 20.3 Å². The van der Waals surface area contributed by atoms with Crippen LogP contribution in [0.1, 0.15) is 5.56 Å². The van der Waals surface area contributed by atoms with Crippen LogP contribution in [-0.2, 0) is 0 Å². The number of methoxy groups -OCH3 is 2. The van der Waals surface area contributed by atoms with Crippen molar-refractivity contribution in [2.24, 2.45) is 4.99 Å². The highest BCUT2D eigenvalue weighted by atomic mass is 35.5. The van der Waals surface area contributed by atoms with Crippen molar-refractivity contribution >= 4 is 40.3 Å². The van der Waals surface area contributed by atoms with Crippen LogP contribution in [-0.4, -0.2) is 33.0 Å². The smallest absolute Gasteiger partial charge is 0.143 e. The predicted molar refractivity (Wildman–Crippen MR) is 108 cm³/mol. The third kappa shape index (κ3) is 3.59. The first-order chi connectivity index (χ1) is 12.5. The van der Waals surface area contributed by atoms with E-state index in [0.29, 0.717) is 46.0 Å². The Bertz CT molecular complexity index is 866. The number of para-hydroxylation sites is 1. The second kappa shape index (κ2) is 7.89. The van der Waals surface area contributed by atoms with Gasteiger partial charge in [-0.15, -0.1) is 0 Å². The van der Waals surface area contributed by atoms with Crippen LogP contribution in [0, 0.1) is 0 Å². The zero-order valence-electron chi connectivity index (χ0n) is 14.5. The van der Waals surface area contributed by atoms with Gasteiger partial charge in [-0.3, -0.25) is 4.99 Å². The lowest BCUT2D eigenvalue weighted by Crippen LogP contribution is -2.08. The van der Waals surface area contributed by atoms with E-state index >= 15 is 0 Å². The van der Waals surface area contributed by atoms with E-state index in [9.17, 15) is 0 Å². The van der Waals surface area contributed by atoms with Crippen LogP contribution in [0.5, 0.6) is 11.5 Å². The molecule has 0 fully saturated rings. The molecule has 3 N–H and O–H groups in total. The molecule has 5 nitrogen and oxygen atoms in total. The molecule has 2 aromatic rings. The van der Waals surface area contributed by atoms with Gasteiger partial charge in [-0.05, 0) is 17.7 Å². The Morgan fingerprint density at radius 2 is 1.77 bits per heavy atom. The summed E-state index contributed by atoms with van der Waals surface area (Å²) in [6, 6.07) is 9.33. The molecular weight excluding hydrogens is 373 g/mol. The average Bonchev–Trinajstić information content (AvgIpc) is 3.11. The largest absolute Gasteiger partial charge is 0.495 e. The number of hydrogen-bond acceptors (Lipinski definition) is 5. The molecule has 7 heteroatoms. The van der Waals surface area contributed by atoms with Crippen molar-refractivity contribution in [1.82, 2.24) is 0 Å². The molecule has 0 radical (unpaired) electrons. The number of anilines is 2. The molecule has 1 heterocycles. The van der Waals surface area contributed by atoms with Crippen LogP contribution >= 0.6 is 23.2 Å². The fourth-order valence-corrected chi connectivity index (χ4v) is 3.35. The van der Waals surface area contributed by atoms with Crippen LogP contribution in [0.3, 0.4) is 0 Å². The standard InChI is InChI=1S/C19H19Cl2N3O2/c1-25-15-8-16(26-2)18(21)19(17(15)20)24-10-11-7-14(23-9-11)12-5-3-4-6-13(12)22/h3-8,24H,9-10,22H2,1-2H3. The zero-order chi connectivity index (χ0) is 18.7. The topological polar surface area (TPSA) is 68.9 Å². The third-order valence-electron chi connectivity index (χ3n) is 4.10. The third-order valence-corrected chi connectivity index (χ3v) is 4.85. The number of aliphatic imine (C=N–C) groups is 1. The number of ether oxygens (including phenoxy) is 2. The number of hydrogen-bond donors (Lipinski definition) is 2. The Morgan fingerprint density at radius 1 is 1.12 bits per heavy atom. The molecule has 0 amide bonds. The molecule has 0 saturated heterocycles. The molecule has 3 rings (SSSR count). The number of nitrogen functional groups attached to an aromatic ring is 1. The fraction of sp³-hybridized carbons (Fsp3) is 0.211. The van der Waals surface area contributed by atoms with Gasteiger partial charge >= 0.3 is 0 Å². The number of rotatable bonds is 6. The Kier molecular flexibility index (Phi) is 5.59. The molecule has 0 aliphatic carbocycles. The number of halogens is 2. The van der Waals surface area contributed by atoms with Gasteiger partial charge < -0.3 is 20.5 Å². The molecule has 1 aliphatic rings. The maximum absolute atomic E-state index is 6.38. The molecule has 0 atom stereocenters. The van der Waals surface area contributed by atoms with Crippen molar-refractivity contribution in [2.75, 3.05) is 38.4 Å². The number of allylic oxidation sites excluding steroid dienone is 1. The molecule has 0 spiro atoms. The summed E-state index contributed by atoms with van der Waals surface area (Å²) >= 11 is 12.8. The number of benzene rings is 2. The minimum absolute atomic E-state index is 0.408. The monoisotopic (exact) mass is 391 g/mol. The summed E-state index contributed by atoms with van der Waals surface area (Å²) in [5.41, 5.74) is 10.2. The van der Waals surface area contributed by atoms with Crippen molar-refractivity contribution in [3.8, 4) is 11.5 Å². The van der Waals surface area contributed by atoms with Gasteiger partial charge in [-0.1, -0.05) is 41.4 Å². The van der Waals surface area contributed by atoms with E-state index in [1.165, 1.54) is 0 Å². The van der Waals surface area contributed by atoms with Gasteiger partial charge in [0.25, 0.3) is 0 Å². The maximum atomic E-state index is 6.38. The lowest BCUT2D eigenvalue weighted by molar-refractivity contribution is 0.395. The Balaban J connectivity index is 1.79. The highest BCUT2D eigenvalue weighted by molar-refractivity contribution is 6.41. The first-order valence-corrected chi connectivity index (χ1v) is 8.73. The van der Waals surface area contributed by atoms with Crippen LogP contribution in [0.15, 0.2) is 47.0 Å². The summed E-state index contributed by atoms with van der Waals surface area (Å²) in [5.74, 6) is 0.981. The predicted octanol–water partition coefficient (Wildman–Crippen LogP) is 4.43. The Morgan fingerprint density at radius 3 is 2.38 bits per heavy atom. The second-order valence-electron chi connectivity index (χ2n) is 5.73. The van der Waals surface area contributed by atoms with E-state index in [0.717, 1.165) is 16.8 Å². The Labute approximate surface area is 162 Å². The molecule has 0 saturated carbocycles. The van der Waals surface area contributed by atoms with Crippen molar-refractivity contribution in [2.45, 2.75) is 0 Å². The number of nitrogens with one attached hydrogen (secondary N) is 1. The molecule has 136 valence electrons. The summed E-state index contributed by atoms with van der Waals surface area (Å²) in [5, 5.41) is 4.08. The normalized spacial score (nSPS) is 13.2. The average molecular weight is 392 g/mol. The highest BCUT2D eigenvalue weighted by Crippen LogP contribution is 2.44. The molecular formula is C19H19Cl2N3O2. The van der Waals surface area contributed by atoms with E-state index in [4.69, 9.17) is 38.4 Å². The highest BCUT2D eigenvalue weighted by Gasteiger charge is 2.18. The van der Waals surface area contributed by atoms with E-state index < -0.39 is 0 Å². The summed E-state index contributed by atoms with van der Waals surface area (Å²) in [4.78, 5) is 4.56. The van der Waals surface area contributed by atoms with Crippen LogP contribution < -0.4 is 20.5 Å². The molecule has 0 aromatic heterocycles. The van der Waals surface area contributed by atoms with Crippen molar-refractivity contribution in [3.63, 3.8) is 0 Å². The molecule has 1 aliphatic heterocycles. The van der Waals surface area contributed by atoms with E-state index in [1.807, 2.05) is 30.3 Å². The molecule has 0 unspecified atom stereocenters. The van der Waals surface area contributed by atoms with Crippen molar-refractivity contribution in [1.29, 1.82) is 0 Å². The number of nitrogens with zero attached hydrogens (tertiary/aromatic N) is 1. The quantitative estimate of drug-likeness (QED) is 0.714. The molecule has 2 aromatic carbocycles. The van der Waals surface area contributed by atoms with Crippen molar-refractivity contribution < 1.29 is 9.47 Å².